The number of fused-ring (bicyclic) bond motifs is 1. The first kappa shape index (κ1) is 13.3. The Morgan fingerprint density at radius 3 is 2.25 bits per heavy atom. The minimum absolute atomic E-state index is 0.0436. The molecular formula is C16H17NO2S. The van der Waals surface area contributed by atoms with E-state index in [1.54, 1.807) is 18.2 Å². The average Bonchev–Trinajstić information content (AvgIpc) is 2.80. The van der Waals surface area contributed by atoms with Gasteiger partial charge < -0.3 is 0 Å². The molecule has 20 heavy (non-hydrogen) atoms. The zero-order valence-corrected chi connectivity index (χ0v) is 12.2. The lowest BCUT2D eigenvalue weighted by atomic mass is 10.1. The molecule has 2 aromatic rings. The summed E-state index contributed by atoms with van der Waals surface area (Å²) in [7, 11) is -3.43. The van der Waals surface area contributed by atoms with Gasteiger partial charge in [-0.1, -0.05) is 36.4 Å². The van der Waals surface area contributed by atoms with Gasteiger partial charge in [0.25, 0.3) is 0 Å². The van der Waals surface area contributed by atoms with E-state index in [1.807, 2.05) is 25.1 Å². The predicted octanol–water partition coefficient (Wildman–Crippen LogP) is 2.44. The van der Waals surface area contributed by atoms with Gasteiger partial charge in [-0.05, 0) is 48.6 Å². The van der Waals surface area contributed by atoms with Crippen LogP contribution >= 0.6 is 0 Å². The van der Waals surface area contributed by atoms with E-state index in [0.717, 1.165) is 18.4 Å². The second kappa shape index (κ2) is 5.04. The van der Waals surface area contributed by atoms with Crippen LogP contribution in [0.1, 0.15) is 16.7 Å². The molecule has 0 bridgehead atoms. The lowest BCUT2D eigenvalue weighted by Crippen LogP contribution is -2.35. The van der Waals surface area contributed by atoms with Crippen molar-refractivity contribution in [3.05, 3.63) is 65.2 Å². The van der Waals surface area contributed by atoms with Gasteiger partial charge in [-0.2, -0.15) is 0 Å². The van der Waals surface area contributed by atoms with Crippen LogP contribution in [0.4, 0.5) is 0 Å². The van der Waals surface area contributed by atoms with Crippen LogP contribution in [-0.2, 0) is 22.9 Å². The molecule has 0 radical (unpaired) electrons. The second-order valence-corrected chi connectivity index (χ2v) is 7.03. The van der Waals surface area contributed by atoms with Crippen molar-refractivity contribution in [1.29, 1.82) is 0 Å². The maximum absolute atomic E-state index is 12.4. The van der Waals surface area contributed by atoms with Crippen molar-refractivity contribution in [1.82, 2.24) is 4.72 Å². The van der Waals surface area contributed by atoms with Gasteiger partial charge in [-0.15, -0.1) is 0 Å². The zero-order chi connectivity index (χ0) is 14.2. The van der Waals surface area contributed by atoms with Gasteiger partial charge in [0, 0.05) is 6.04 Å². The van der Waals surface area contributed by atoms with Gasteiger partial charge in [0.2, 0.25) is 10.0 Å². The minimum atomic E-state index is -3.43. The average molecular weight is 287 g/mol. The topological polar surface area (TPSA) is 46.2 Å². The standard InChI is InChI=1S/C16H17NO2S/c1-12-5-4-8-16(9-12)20(18,19)17-15-10-13-6-2-3-7-14(13)11-15/h2-9,15,17H,10-11H2,1H3. The first-order valence-corrected chi connectivity index (χ1v) is 8.19. The number of benzene rings is 2. The highest BCUT2D eigenvalue weighted by atomic mass is 32.2. The molecule has 3 nitrogen and oxygen atoms in total. The van der Waals surface area contributed by atoms with E-state index in [0.29, 0.717) is 4.90 Å². The maximum atomic E-state index is 12.4. The summed E-state index contributed by atoms with van der Waals surface area (Å²) >= 11 is 0. The molecule has 0 amide bonds. The Morgan fingerprint density at radius 2 is 1.65 bits per heavy atom. The lowest BCUT2D eigenvalue weighted by Gasteiger charge is -2.13. The largest absolute Gasteiger partial charge is 0.240 e. The van der Waals surface area contributed by atoms with E-state index >= 15 is 0 Å². The monoisotopic (exact) mass is 287 g/mol. The molecule has 0 saturated carbocycles. The summed E-state index contributed by atoms with van der Waals surface area (Å²) in [6.45, 7) is 1.89. The molecule has 0 unspecified atom stereocenters. The number of aryl methyl sites for hydroxylation is 1. The summed E-state index contributed by atoms with van der Waals surface area (Å²) in [5.41, 5.74) is 3.43. The Bertz CT molecular complexity index is 713. The minimum Gasteiger partial charge on any atom is -0.207 e. The van der Waals surface area contributed by atoms with Crippen molar-refractivity contribution >= 4 is 10.0 Å². The SMILES string of the molecule is Cc1cccc(S(=O)(=O)NC2Cc3ccccc3C2)c1. The number of rotatable bonds is 3. The van der Waals surface area contributed by atoms with Crippen molar-refractivity contribution in [3.63, 3.8) is 0 Å². The summed E-state index contributed by atoms with van der Waals surface area (Å²) in [5, 5.41) is 0. The van der Waals surface area contributed by atoms with E-state index < -0.39 is 10.0 Å². The third-order valence-electron chi connectivity index (χ3n) is 3.67. The predicted molar refractivity (Wildman–Crippen MR) is 79.1 cm³/mol. The maximum Gasteiger partial charge on any atom is 0.240 e. The van der Waals surface area contributed by atoms with Crippen LogP contribution < -0.4 is 4.72 Å². The van der Waals surface area contributed by atoms with Crippen LogP contribution in [0, 0.1) is 6.92 Å². The van der Waals surface area contributed by atoms with Gasteiger partial charge in [0.05, 0.1) is 4.90 Å². The quantitative estimate of drug-likeness (QED) is 0.942. The lowest BCUT2D eigenvalue weighted by molar-refractivity contribution is 0.555. The Morgan fingerprint density at radius 1 is 1.00 bits per heavy atom. The van der Waals surface area contributed by atoms with Crippen LogP contribution in [0.3, 0.4) is 0 Å². The van der Waals surface area contributed by atoms with Crippen LogP contribution in [-0.4, -0.2) is 14.5 Å². The van der Waals surface area contributed by atoms with E-state index in [2.05, 4.69) is 16.9 Å². The highest BCUT2D eigenvalue weighted by Gasteiger charge is 2.26. The van der Waals surface area contributed by atoms with Crippen molar-refractivity contribution in [3.8, 4) is 0 Å². The highest BCUT2D eigenvalue weighted by Crippen LogP contribution is 2.23. The van der Waals surface area contributed by atoms with E-state index in [-0.39, 0.29) is 6.04 Å². The van der Waals surface area contributed by atoms with Gasteiger partial charge in [-0.25, -0.2) is 13.1 Å². The van der Waals surface area contributed by atoms with E-state index in [4.69, 9.17) is 0 Å². The molecule has 0 saturated heterocycles. The third kappa shape index (κ3) is 2.62. The first-order chi connectivity index (χ1) is 9.54. The number of sulfonamides is 1. The van der Waals surface area contributed by atoms with Crippen LogP contribution in [0.15, 0.2) is 53.4 Å². The van der Waals surface area contributed by atoms with Crippen LogP contribution in [0.2, 0.25) is 0 Å². The Labute approximate surface area is 119 Å². The van der Waals surface area contributed by atoms with Gasteiger partial charge in [0.1, 0.15) is 0 Å². The van der Waals surface area contributed by atoms with E-state index in [9.17, 15) is 8.42 Å². The number of nitrogens with one attached hydrogen (secondary N) is 1. The summed E-state index contributed by atoms with van der Waals surface area (Å²) in [6, 6.07) is 15.1. The molecule has 0 heterocycles. The highest BCUT2D eigenvalue weighted by molar-refractivity contribution is 7.89. The van der Waals surface area contributed by atoms with Crippen molar-refractivity contribution in [2.24, 2.45) is 0 Å². The van der Waals surface area contributed by atoms with Crippen molar-refractivity contribution in [2.45, 2.75) is 30.7 Å². The molecule has 4 heteroatoms. The number of hydrogen-bond acceptors (Lipinski definition) is 2. The third-order valence-corrected chi connectivity index (χ3v) is 5.19. The summed E-state index contributed by atoms with van der Waals surface area (Å²) < 4.78 is 27.6. The molecule has 1 N–H and O–H groups in total. The zero-order valence-electron chi connectivity index (χ0n) is 11.3. The normalized spacial score (nSPS) is 15.2. The molecule has 104 valence electrons. The molecule has 3 rings (SSSR count). The first-order valence-electron chi connectivity index (χ1n) is 6.70. The molecule has 2 aromatic carbocycles. The number of hydrogen-bond donors (Lipinski definition) is 1. The fourth-order valence-corrected chi connectivity index (χ4v) is 4.05. The molecule has 1 aliphatic carbocycles. The summed E-state index contributed by atoms with van der Waals surface area (Å²) in [4.78, 5) is 0.341. The fourth-order valence-electron chi connectivity index (χ4n) is 2.71. The Hall–Kier alpha value is -1.65. The fraction of sp³-hybridized carbons (Fsp3) is 0.250. The molecular weight excluding hydrogens is 270 g/mol. The Kier molecular flexibility index (Phi) is 3.36. The Balaban J connectivity index is 1.79. The van der Waals surface area contributed by atoms with Crippen LogP contribution in [0.5, 0.6) is 0 Å². The van der Waals surface area contributed by atoms with Crippen LogP contribution in [0.25, 0.3) is 0 Å². The smallest absolute Gasteiger partial charge is 0.207 e. The molecule has 1 aliphatic rings. The van der Waals surface area contributed by atoms with Gasteiger partial charge in [-0.3, -0.25) is 0 Å². The molecule has 0 aliphatic heterocycles. The van der Waals surface area contributed by atoms with Crippen molar-refractivity contribution in [2.75, 3.05) is 0 Å². The van der Waals surface area contributed by atoms with Gasteiger partial charge in [0.15, 0.2) is 0 Å². The molecule has 0 fully saturated rings. The molecule has 0 spiro atoms. The molecule has 0 atom stereocenters. The summed E-state index contributed by atoms with van der Waals surface area (Å²) in [5.74, 6) is 0. The summed E-state index contributed by atoms with van der Waals surface area (Å²) in [6.07, 6.45) is 1.53. The second-order valence-electron chi connectivity index (χ2n) is 5.31. The van der Waals surface area contributed by atoms with E-state index in [1.165, 1.54) is 11.1 Å². The van der Waals surface area contributed by atoms with Crippen molar-refractivity contribution < 1.29 is 8.42 Å². The van der Waals surface area contributed by atoms with Gasteiger partial charge >= 0.3 is 0 Å². The molecule has 0 aromatic heterocycles.